The molecule has 0 spiro atoms. The van der Waals surface area contributed by atoms with E-state index in [-0.39, 0.29) is 6.04 Å². The van der Waals surface area contributed by atoms with E-state index in [0.29, 0.717) is 0 Å². The Morgan fingerprint density at radius 3 is 2.50 bits per heavy atom. The molecule has 0 aromatic carbocycles. The third kappa shape index (κ3) is 4.31. The van der Waals surface area contributed by atoms with Crippen LogP contribution in [-0.2, 0) is 4.84 Å². The Kier molecular flexibility index (Phi) is 3.56. The van der Waals surface area contributed by atoms with Gasteiger partial charge in [0.2, 0.25) is 0 Å². The van der Waals surface area contributed by atoms with Gasteiger partial charge in [0, 0.05) is 6.04 Å². The second kappa shape index (κ2) is 4.50. The molecule has 1 aliphatic rings. The summed E-state index contributed by atoms with van der Waals surface area (Å²) in [6.07, 6.45) is -1.66. The molecule has 0 saturated heterocycles. The monoisotopic (exact) mass is 212 g/mol. The molecular formula is C7H11F3N2O2. The van der Waals surface area contributed by atoms with Gasteiger partial charge in [-0.2, -0.15) is 13.2 Å². The maximum absolute atomic E-state index is 11.5. The second-order valence-corrected chi connectivity index (χ2v) is 3.11. The maximum Gasteiger partial charge on any atom is 0.414 e. The van der Waals surface area contributed by atoms with Crippen LogP contribution in [0, 0.1) is 0 Å². The highest BCUT2D eigenvalue weighted by atomic mass is 19.4. The summed E-state index contributed by atoms with van der Waals surface area (Å²) in [4.78, 5) is 14.8. The molecule has 7 heteroatoms. The van der Waals surface area contributed by atoms with Crippen LogP contribution in [0.1, 0.15) is 19.3 Å². The molecule has 0 aliphatic heterocycles. The van der Waals surface area contributed by atoms with Gasteiger partial charge in [-0.3, -0.25) is 4.84 Å². The molecule has 0 aromatic heterocycles. The van der Waals surface area contributed by atoms with Crippen molar-refractivity contribution in [2.75, 3.05) is 6.61 Å². The molecule has 0 unspecified atom stereocenters. The van der Waals surface area contributed by atoms with Crippen LogP contribution >= 0.6 is 0 Å². The van der Waals surface area contributed by atoms with E-state index in [2.05, 4.69) is 10.2 Å². The van der Waals surface area contributed by atoms with Gasteiger partial charge in [-0.1, -0.05) is 0 Å². The summed E-state index contributed by atoms with van der Waals surface area (Å²) in [5.74, 6) is 0. The quantitative estimate of drug-likeness (QED) is 0.693. The van der Waals surface area contributed by atoms with Crippen molar-refractivity contribution in [3.05, 3.63) is 0 Å². The molecule has 1 rings (SSSR count). The molecule has 0 heterocycles. The number of hydrogen-bond donors (Lipinski definition) is 2. The minimum absolute atomic E-state index is 0.0736. The molecule has 1 saturated carbocycles. The molecule has 0 atom stereocenters. The molecule has 4 nitrogen and oxygen atoms in total. The highest BCUT2D eigenvalue weighted by Gasteiger charge is 2.28. The van der Waals surface area contributed by atoms with Gasteiger partial charge >= 0.3 is 12.2 Å². The third-order valence-corrected chi connectivity index (χ3v) is 1.84. The average molecular weight is 212 g/mol. The third-order valence-electron chi connectivity index (χ3n) is 1.84. The summed E-state index contributed by atoms with van der Waals surface area (Å²) in [5.41, 5.74) is 1.67. The number of alkyl halides is 3. The molecular weight excluding hydrogens is 201 g/mol. The first-order valence-corrected chi connectivity index (χ1v) is 4.22. The number of carbonyl (C=O) groups excluding carboxylic acids is 1. The Hall–Kier alpha value is -0.980. The van der Waals surface area contributed by atoms with Crippen molar-refractivity contribution in [2.45, 2.75) is 31.5 Å². The van der Waals surface area contributed by atoms with Crippen molar-refractivity contribution < 1.29 is 22.8 Å². The number of carbonyl (C=O) groups is 1. The molecule has 2 N–H and O–H groups in total. The normalized spacial score (nSPS) is 17.4. The van der Waals surface area contributed by atoms with Gasteiger partial charge in [0.15, 0.2) is 6.61 Å². The zero-order valence-electron chi connectivity index (χ0n) is 7.36. The first kappa shape index (κ1) is 11.1. The van der Waals surface area contributed by atoms with E-state index in [9.17, 15) is 18.0 Å². The van der Waals surface area contributed by atoms with Crippen LogP contribution in [0.5, 0.6) is 0 Å². The zero-order chi connectivity index (χ0) is 10.6. The lowest BCUT2D eigenvalue weighted by Crippen LogP contribution is -2.45. The SMILES string of the molecule is O=C(NOCC(F)(F)F)NC1CCC1. The van der Waals surface area contributed by atoms with Crippen molar-refractivity contribution in [3.8, 4) is 0 Å². The molecule has 1 fully saturated rings. The fraction of sp³-hybridized carbons (Fsp3) is 0.857. The molecule has 14 heavy (non-hydrogen) atoms. The molecule has 82 valence electrons. The largest absolute Gasteiger partial charge is 0.414 e. The molecule has 0 radical (unpaired) electrons. The summed E-state index contributed by atoms with van der Waals surface area (Å²) in [6, 6.07) is -0.650. The van der Waals surface area contributed by atoms with Crippen LogP contribution in [0.15, 0.2) is 0 Å². The van der Waals surface area contributed by atoms with Crippen LogP contribution < -0.4 is 10.8 Å². The summed E-state index contributed by atoms with van der Waals surface area (Å²) in [7, 11) is 0. The molecule has 0 aromatic rings. The first-order valence-electron chi connectivity index (χ1n) is 4.22. The predicted octanol–water partition coefficient (Wildman–Crippen LogP) is 1.33. The van der Waals surface area contributed by atoms with E-state index in [4.69, 9.17) is 0 Å². The van der Waals surface area contributed by atoms with Crippen LogP contribution in [0.2, 0.25) is 0 Å². The Balaban J connectivity index is 2.03. The minimum Gasteiger partial charge on any atom is -0.334 e. The maximum atomic E-state index is 11.5. The van der Waals surface area contributed by atoms with Gasteiger partial charge in [-0.15, -0.1) is 0 Å². The highest BCUT2D eigenvalue weighted by Crippen LogP contribution is 2.17. The first-order chi connectivity index (χ1) is 6.47. The fourth-order valence-corrected chi connectivity index (χ4v) is 0.951. The van der Waals surface area contributed by atoms with Gasteiger partial charge in [-0.05, 0) is 19.3 Å². The van der Waals surface area contributed by atoms with E-state index >= 15 is 0 Å². The van der Waals surface area contributed by atoms with Gasteiger partial charge in [0.1, 0.15) is 0 Å². The van der Waals surface area contributed by atoms with Crippen LogP contribution in [0.25, 0.3) is 0 Å². The number of hydroxylamine groups is 1. The topological polar surface area (TPSA) is 50.4 Å². The molecule has 0 bridgehead atoms. The summed E-state index contributed by atoms with van der Waals surface area (Å²) in [6.45, 7) is -1.48. The standard InChI is InChI=1S/C7H11F3N2O2/c8-7(9,10)4-14-12-6(13)11-5-2-1-3-5/h5H,1-4H2,(H2,11,12,13). The number of nitrogens with one attached hydrogen (secondary N) is 2. The summed E-state index contributed by atoms with van der Waals surface area (Å²) in [5, 5.41) is 2.46. The lowest BCUT2D eigenvalue weighted by Gasteiger charge is -2.26. The summed E-state index contributed by atoms with van der Waals surface area (Å²) < 4.78 is 34.6. The number of urea groups is 1. The second-order valence-electron chi connectivity index (χ2n) is 3.11. The van der Waals surface area contributed by atoms with Crippen molar-refractivity contribution >= 4 is 6.03 Å². The zero-order valence-corrected chi connectivity index (χ0v) is 7.36. The Morgan fingerprint density at radius 2 is 2.07 bits per heavy atom. The van der Waals surface area contributed by atoms with Crippen LogP contribution in [0.3, 0.4) is 0 Å². The van der Waals surface area contributed by atoms with Crippen LogP contribution in [-0.4, -0.2) is 24.9 Å². The van der Waals surface area contributed by atoms with Gasteiger partial charge in [0.05, 0.1) is 0 Å². The van der Waals surface area contributed by atoms with Gasteiger partial charge < -0.3 is 5.32 Å². The van der Waals surface area contributed by atoms with Crippen molar-refractivity contribution in [1.29, 1.82) is 0 Å². The molecule has 2 amide bonds. The Bertz CT molecular complexity index is 204. The molecule has 1 aliphatic carbocycles. The van der Waals surface area contributed by atoms with Crippen molar-refractivity contribution in [1.82, 2.24) is 10.8 Å². The predicted molar refractivity (Wildman–Crippen MR) is 41.3 cm³/mol. The van der Waals surface area contributed by atoms with Crippen molar-refractivity contribution in [3.63, 3.8) is 0 Å². The number of amides is 2. The fourth-order valence-electron chi connectivity index (χ4n) is 0.951. The van der Waals surface area contributed by atoms with Gasteiger partial charge in [-0.25, -0.2) is 10.3 Å². The van der Waals surface area contributed by atoms with Crippen LogP contribution in [0.4, 0.5) is 18.0 Å². The van der Waals surface area contributed by atoms with E-state index in [0.717, 1.165) is 19.3 Å². The van der Waals surface area contributed by atoms with E-state index < -0.39 is 18.8 Å². The van der Waals surface area contributed by atoms with E-state index in [1.54, 1.807) is 5.48 Å². The number of halogens is 3. The Morgan fingerprint density at radius 1 is 1.43 bits per heavy atom. The minimum atomic E-state index is -4.43. The smallest absolute Gasteiger partial charge is 0.334 e. The van der Waals surface area contributed by atoms with E-state index in [1.165, 1.54) is 0 Å². The Labute approximate surface area is 78.7 Å². The van der Waals surface area contributed by atoms with Crippen molar-refractivity contribution in [2.24, 2.45) is 0 Å². The average Bonchev–Trinajstić information content (AvgIpc) is 1.94. The highest BCUT2D eigenvalue weighted by molar-refractivity contribution is 5.73. The summed E-state index contributed by atoms with van der Waals surface area (Å²) >= 11 is 0. The number of rotatable bonds is 3. The lowest BCUT2D eigenvalue weighted by atomic mass is 9.93. The van der Waals surface area contributed by atoms with E-state index in [1.807, 2.05) is 0 Å². The van der Waals surface area contributed by atoms with Gasteiger partial charge in [0.25, 0.3) is 0 Å². The lowest BCUT2D eigenvalue weighted by molar-refractivity contribution is -0.184. The number of hydrogen-bond acceptors (Lipinski definition) is 2.